The quantitative estimate of drug-likeness (QED) is 0.803. The summed E-state index contributed by atoms with van der Waals surface area (Å²) in [5.74, 6) is 0.791. The fourth-order valence-electron chi connectivity index (χ4n) is 2.69. The summed E-state index contributed by atoms with van der Waals surface area (Å²) in [5.41, 5.74) is 3.40. The van der Waals surface area contributed by atoms with Crippen molar-refractivity contribution in [1.29, 1.82) is 0 Å². The number of ketones is 1. The number of carbonyl (C=O) groups is 1. The summed E-state index contributed by atoms with van der Waals surface area (Å²) in [4.78, 5) is 11.8. The second-order valence-corrected chi connectivity index (χ2v) is 5.09. The number of aromatic nitrogens is 1. The van der Waals surface area contributed by atoms with Crippen molar-refractivity contribution in [1.82, 2.24) is 4.57 Å². The Morgan fingerprint density at radius 2 is 2.24 bits per heavy atom. The molecule has 0 aliphatic heterocycles. The molecule has 0 N–H and O–H groups in total. The zero-order chi connectivity index (χ0) is 12.4. The Morgan fingerprint density at radius 3 is 2.94 bits per heavy atom. The first-order chi connectivity index (χ1) is 8.13. The van der Waals surface area contributed by atoms with Crippen LogP contribution >= 0.6 is 0 Å². The van der Waals surface area contributed by atoms with Gasteiger partial charge in [-0.15, -0.1) is 0 Å². The Labute approximate surface area is 103 Å². The van der Waals surface area contributed by atoms with E-state index in [1.165, 1.54) is 11.4 Å². The molecular weight excluding hydrogens is 214 g/mol. The predicted molar refractivity (Wildman–Crippen MR) is 67.5 cm³/mol. The lowest BCUT2D eigenvalue weighted by atomic mass is 9.96. The van der Waals surface area contributed by atoms with Gasteiger partial charge in [0.1, 0.15) is 0 Å². The van der Waals surface area contributed by atoms with Crippen LogP contribution in [0.15, 0.2) is 6.07 Å². The lowest BCUT2D eigenvalue weighted by molar-refractivity contribution is 0.0971. The maximum Gasteiger partial charge on any atom is 0.164 e. The standard InChI is InChI=1S/C14H21NO2/c1-10(9-17-3)8-15-11(2)7-12-13(15)5-4-6-14(12)16/h7,10H,4-6,8-9H2,1-3H3. The van der Waals surface area contributed by atoms with Crippen molar-refractivity contribution in [3.63, 3.8) is 0 Å². The molecule has 0 spiro atoms. The van der Waals surface area contributed by atoms with E-state index in [0.717, 1.165) is 31.6 Å². The van der Waals surface area contributed by atoms with Gasteiger partial charge in [0, 0.05) is 37.0 Å². The van der Waals surface area contributed by atoms with Gasteiger partial charge in [-0.3, -0.25) is 4.79 Å². The van der Waals surface area contributed by atoms with E-state index in [2.05, 4.69) is 24.5 Å². The van der Waals surface area contributed by atoms with E-state index >= 15 is 0 Å². The van der Waals surface area contributed by atoms with Gasteiger partial charge >= 0.3 is 0 Å². The smallest absolute Gasteiger partial charge is 0.164 e. The van der Waals surface area contributed by atoms with Gasteiger partial charge in [-0.2, -0.15) is 0 Å². The summed E-state index contributed by atoms with van der Waals surface area (Å²) in [6, 6.07) is 2.05. The first-order valence-electron chi connectivity index (χ1n) is 6.34. The van der Waals surface area contributed by atoms with E-state index in [9.17, 15) is 4.79 Å². The van der Waals surface area contributed by atoms with E-state index in [0.29, 0.717) is 18.1 Å². The molecule has 0 fully saturated rings. The maximum atomic E-state index is 11.8. The Kier molecular flexibility index (Phi) is 3.67. The number of aryl methyl sites for hydroxylation is 1. The molecule has 1 heterocycles. The summed E-state index contributed by atoms with van der Waals surface area (Å²) in [5, 5.41) is 0. The zero-order valence-electron chi connectivity index (χ0n) is 11.0. The van der Waals surface area contributed by atoms with Gasteiger partial charge in [0.15, 0.2) is 5.78 Å². The summed E-state index contributed by atoms with van der Waals surface area (Å²) in [6.07, 6.45) is 2.74. The number of hydrogen-bond acceptors (Lipinski definition) is 2. The third-order valence-corrected chi connectivity index (χ3v) is 3.48. The topological polar surface area (TPSA) is 31.2 Å². The number of carbonyl (C=O) groups excluding carboxylic acids is 1. The molecule has 1 aromatic heterocycles. The molecule has 94 valence electrons. The van der Waals surface area contributed by atoms with E-state index in [-0.39, 0.29) is 0 Å². The largest absolute Gasteiger partial charge is 0.384 e. The minimum atomic E-state index is 0.312. The van der Waals surface area contributed by atoms with Crippen LogP contribution in [0.2, 0.25) is 0 Å². The molecule has 1 aromatic rings. The van der Waals surface area contributed by atoms with Gasteiger partial charge in [-0.1, -0.05) is 6.92 Å². The minimum Gasteiger partial charge on any atom is -0.384 e. The molecule has 0 aromatic carbocycles. The van der Waals surface area contributed by atoms with Crippen LogP contribution in [0.5, 0.6) is 0 Å². The molecule has 3 nitrogen and oxygen atoms in total. The van der Waals surface area contributed by atoms with Crippen LogP contribution in [0.25, 0.3) is 0 Å². The minimum absolute atomic E-state index is 0.312. The van der Waals surface area contributed by atoms with Gasteiger partial charge in [0.05, 0.1) is 6.61 Å². The number of nitrogens with zero attached hydrogens (tertiary/aromatic N) is 1. The molecule has 0 saturated carbocycles. The number of ether oxygens (including phenoxy) is 1. The Balaban J connectivity index is 2.25. The normalized spacial score (nSPS) is 17.0. The zero-order valence-corrected chi connectivity index (χ0v) is 11.0. The van der Waals surface area contributed by atoms with Gasteiger partial charge in [-0.25, -0.2) is 0 Å². The number of methoxy groups -OCH3 is 1. The summed E-state index contributed by atoms with van der Waals surface area (Å²) < 4.78 is 7.48. The van der Waals surface area contributed by atoms with Crippen LogP contribution in [0.3, 0.4) is 0 Å². The Hall–Kier alpha value is -1.09. The van der Waals surface area contributed by atoms with Gasteiger partial charge in [-0.05, 0) is 31.7 Å². The molecule has 1 atom stereocenters. The molecule has 3 heteroatoms. The molecule has 1 aliphatic rings. The fraction of sp³-hybridized carbons (Fsp3) is 0.643. The highest BCUT2D eigenvalue weighted by atomic mass is 16.5. The molecule has 1 unspecified atom stereocenters. The Morgan fingerprint density at radius 1 is 1.47 bits per heavy atom. The van der Waals surface area contributed by atoms with Crippen molar-refractivity contribution < 1.29 is 9.53 Å². The predicted octanol–water partition coefficient (Wildman–Crippen LogP) is 2.60. The maximum absolute atomic E-state index is 11.8. The average Bonchev–Trinajstić information content (AvgIpc) is 2.58. The van der Waals surface area contributed by atoms with E-state index < -0.39 is 0 Å². The summed E-state index contributed by atoms with van der Waals surface area (Å²) >= 11 is 0. The second kappa shape index (κ2) is 5.05. The fourth-order valence-corrected chi connectivity index (χ4v) is 2.69. The van der Waals surface area contributed by atoms with Crippen molar-refractivity contribution in [2.24, 2.45) is 5.92 Å². The van der Waals surface area contributed by atoms with Crippen LogP contribution in [-0.2, 0) is 17.7 Å². The third kappa shape index (κ3) is 2.44. The molecule has 0 radical (unpaired) electrons. The van der Waals surface area contributed by atoms with Crippen LogP contribution < -0.4 is 0 Å². The lowest BCUT2D eigenvalue weighted by Crippen LogP contribution is -2.18. The average molecular weight is 235 g/mol. The third-order valence-electron chi connectivity index (χ3n) is 3.48. The van der Waals surface area contributed by atoms with Gasteiger partial charge in [0.25, 0.3) is 0 Å². The van der Waals surface area contributed by atoms with Crippen molar-refractivity contribution >= 4 is 5.78 Å². The first kappa shape index (κ1) is 12.4. The van der Waals surface area contributed by atoms with Gasteiger partial charge in [0.2, 0.25) is 0 Å². The molecule has 0 amide bonds. The lowest BCUT2D eigenvalue weighted by Gasteiger charge is -2.19. The first-order valence-corrected chi connectivity index (χ1v) is 6.34. The molecule has 0 bridgehead atoms. The second-order valence-electron chi connectivity index (χ2n) is 5.09. The SMILES string of the molecule is COCC(C)Cn1c(C)cc2c1CCCC2=O. The summed E-state index contributed by atoms with van der Waals surface area (Å²) in [6.45, 7) is 5.98. The van der Waals surface area contributed by atoms with E-state index in [1.54, 1.807) is 7.11 Å². The van der Waals surface area contributed by atoms with Crippen LogP contribution in [-0.4, -0.2) is 24.1 Å². The van der Waals surface area contributed by atoms with Crippen molar-refractivity contribution in [2.75, 3.05) is 13.7 Å². The summed E-state index contributed by atoms with van der Waals surface area (Å²) in [7, 11) is 1.73. The highest BCUT2D eigenvalue weighted by Gasteiger charge is 2.22. The number of Topliss-reactive ketones (excluding diaryl/α,β-unsaturated/α-hetero) is 1. The molecule has 2 rings (SSSR count). The van der Waals surface area contributed by atoms with Crippen molar-refractivity contribution in [3.8, 4) is 0 Å². The molecule has 17 heavy (non-hydrogen) atoms. The molecule has 1 aliphatic carbocycles. The molecular formula is C14H21NO2. The highest BCUT2D eigenvalue weighted by molar-refractivity contribution is 5.98. The van der Waals surface area contributed by atoms with Crippen molar-refractivity contribution in [2.45, 2.75) is 39.7 Å². The van der Waals surface area contributed by atoms with Gasteiger partial charge < -0.3 is 9.30 Å². The number of fused-ring (bicyclic) bond motifs is 1. The van der Waals surface area contributed by atoms with E-state index in [1.807, 2.05) is 0 Å². The van der Waals surface area contributed by atoms with Crippen LogP contribution in [0, 0.1) is 12.8 Å². The monoisotopic (exact) mass is 235 g/mol. The highest BCUT2D eigenvalue weighted by Crippen LogP contribution is 2.25. The van der Waals surface area contributed by atoms with Crippen LogP contribution in [0.1, 0.15) is 41.5 Å². The van der Waals surface area contributed by atoms with Crippen molar-refractivity contribution in [3.05, 3.63) is 23.0 Å². The number of rotatable bonds is 4. The Bertz CT molecular complexity index is 420. The molecule has 0 saturated heterocycles. The van der Waals surface area contributed by atoms with Crippen LogP contribution in [0.4, 0.5) is 0 Å². The van der Waals surface area contributed by atoms with E-state index in [4.69, 9.17) is 4.74 Å². The number of hydrogen-bond donors (Lipinski definition) is 0.